The molecule has 4 heteroatoms. The number of anilines is 1. The third kappa shape index (κ3) is 3.61. The van der Waals surface area contributed by atoms with Gasteiger partial charge in [0, 0.05) is 46.9 Å². The van der Waals surface area contributed by atoms with Crippen molar-refractivity contribution in [1.29, 1.82) is 0 Å². The van der Waals surface area contributed by atoms with Crippen LogP contribution in [0.15, 0.2) is 18.2 Å². The van der Waals surface area contributed by atoms with E-state index in [9.17, 15) is 5.11 Å². The third-order valence-electron chi connectivity index (χ3n) is 3.78. The zero-order valence-corrected chi connectivity index (χ0v) is 13.8. The molecule has 3 nitrogen and oxygen atoms in total. The van der Waals surface area contributed by atoms with Gasteiger partial charge in [-0.05, 0) is 33.4 Å². The maximum Gasteiger partial charge on any atom is 0.122 e. The molecule has 1 aliphatic rings. The Morgan fingerprint density at radius 1 is 1.45 bits per heavy atom. The third-order valence-corrected chi connectivity index (χ3v) is 5.08. The second-order valence-corrected chi connectivity index (χ2v) is 7.85. The van der Waals surface area contributed by atoms with Crippen LogP contribution in [0, 0.1) is 0 Å². The molecule has 0 amide bonds. The van der Waals surface area contributed by atoms with Gasteiger partial charge in [-0.15, -0.1) is 0 Å². The van der Waals surface area contributed by atoms with Crippen molar-refractivity contribution in [2.75, 3.05) is 30.3 Å². The van der Waals surface area contributed by atoms with Crippen LogP contribution in [-0.4, -0.2) is 35.2 Å². The molecule has 1 saturated heterocycles. The monoisotopic (exact) mass is 294 g/mol. The van der Waals surface area contributed by atoms with Crippen LogP contribution in [0.3, 0.4) is 0 Å². The van der Waals surface area contributed by atoms with Crippen molar-refractivity contribution in [3.63, 3.8) is 0 Å². The minimum Gasteiger partial charge on any atom is -0.508 e. The molecular formula is C16H26N2OS. The van der Waals surface area contributed by atoms with Crippen LogP contribution in [0.5, 0.6) is 5.75 Å². The van der Waals surface area contributed by atoms with E-state index in [2.05, 4.69) is 44.0 Å². The maximum absolute atomic E-state index is 10.3. The number of hydrogen-bond donors (Lipinski definition) is 2. The van der Waals surface area contributed by atoms with E-state index in [1.807, 2.05) is 23.9 Å². The molecule has 0 aromatic heterocycles. The van der Waals surface area contributed by atoms with E-state index in [1.54, 1.807) is 0 Å². The van der Waals surface area contributed by atoms with Crippen molar-refractivity contribution >= 4 is 17.4 Å². The zero-order chi connectivity index (χ0) is 14.8. The molecule has 2 N–H and O–H groups in total. The predicted octanol–water partition coefficient (Wildman–Crippen LogP) is 3.39. The fourth-order valence-electron chi connectivity index (χ4n) is 2.75. The van der Waals surface area contributed by atoms with E-state index in [0.717, 1.165) is 36.6 Å². The summed E-state index contributed by atoms with van der Waals surface area (Å²) < 4.78 is 0.281. The van der Waals surface area contributed by atoms with Gasteiger partial charge < -0.3 is 15.3 Å². The Balaban J connectivity index is 2.16. The van der Waals surface area contributed by atoms with Crippen molar-refractivity contribution < 1.29 is 5.11 Å². The average Bonchev–Trinajstić information content (AvgIpc) is 2.37. The van der Waals surface area contributed by atoms with Crippen LogP contribution in [-0.2, 0) is 0 Å². The summed E-state index contributed by atoms with van der Waals surface area (Å²) in [6, 6.07) is 6.28. The number of phenolic OH excluding ortho intramolecular Hbond substituents is 1. The molecular weight excluding hydrogens is 268 g/mol. The molecule has 112 valence electrons. The first-order chi connectivity index (χ1) is 9.43. The quantitative estimate of drug-likeness (QED) is 0.892. The number of rotatable bonds is 4. The Labute approximate surface area is 126 Å². The van der Waals surface area contributed by atoms with Crippen molar-refractivity contribution in [2.45, 2.75) is 38.5 Å². The highest BCUT2D eigenvalue weighted by molar-refractivity contribution is 8.00. The van der Waals surface area contributed by atoms with Crippen molar-refractivity contribution in [3.8, 4) is 5.75 Å². The number of nitrogens with zero attached hydrogens (tertiary/aromatic N) is 1. The molecule has 1 atom stereocenters. The summed E-state index contributed by atoms with van der Waals surface area (Å²) >= 11 is 2.02. The van der Waals surface area contributed by atoms with Gasteiger partial charge >= 0.3 is 0 Å². The lowest BCUT2D eigenvalue weighted by atomic mass is 10.1. The van der Waals surface area contributed by atoms with Gasteiger partial charge in [-0.3, -0.25) is 0 Å². The van der Waals surface area contributed by atoms with E-state index in [1.165, 1.54) is 0 Å². The summed E-state index contributed by atoms with van der Waals surface area (Å²) in [4.78, 5) is 2.37. The molecule has 0 saturated carbocycles. The molecule has 0 aliphatic carbocycles. The normalized spacial score (nSPS) is 19.9. The molecule has 0 bridgehead atoms. The number of aromatic hydroxyl groups is 1. The Bertz CT molecular complexity index is 462. The molecule has 1 aromatic carbocycles. The van der Waals surface area contributed by atoms with E-state index in [0.29, 0.717) is 5.75 Å². The smallest absolute Gasteiger partial charge is 0.122 e. The van der Waals surface area contributed by atoms with Crippen LogP contribution < -0.4 is 10.2 Å². The van der Waals surface area contributed by atoms with Gasteiger partial charge in [-0.1, -0.05) is 13.0 Å². The second-order valence-electron chi connectivity index (χ2n) is 6.05. The Kier molecular flexibility index (Phi) is 4.86. The molecule has 1 unspecified atom stereocenters. The number of benzene rings is 1. The summed E-state index contributed by atoms with van der Waals surface area (Å²) in [6.45, 7) is 11.7. The van der Waals surface area contributed by atoms with Gasteiger partial charge in [0.2, 0.25) is 0 Å². The lowest BCUT2D eigenvalue weighted by molar-refractivity contribution is 0.454. The summed E-state index contributed by atoms with van der Waals surface area (Å²) in [5.41, 5.74) is 2.10. The summed E-state index contributed by atoms with van der Waals surface area (Å²) in [7, 11) is 0. The van der Waals surface area contributed by atoms with Crippen LogP contribution in [0.2, 0.25) is 0 Å². The highest BCUT2D eigenvalue weighted by Crippen LogP contribution is 2.35. The Morgan fingerprint density at radius 2 is 2.20 bits per heavy atom. The highest BCUT2D eigenvalue weighted by atomic mass is 32.2. The number of hydrogen-bond acceptors (Lipinski definition) is 4. The fraction of sp³-hybridized carbons (Fsp3) is 0.625. The molecule has 1 aromatic rings. The van der Waals surface area contributed by atoms with Crippen LogP contribution in [0.4, 0.5) is 5.69 Å². The molecule has 1 fully saturated rings. The predicted molar refractivity (Wildman–Crippen MR) is 88.9 cm³/mol. The molecule has 1 heterocycles. The molecule has 2 rings (SSSR count). The topological polar surface area (TPSA) is 35.5 Å². The first-order valence-electron chi connectivity index (χ1n) is 7.38. The van der Waals surface area contributed by atoms with Crippen LogP contribution in [0.1, 0.15) is 39.3 Å². The van der Waals surface area contributed by atoms with Crippen molar-refractivity contribution in [1.82, 2.24) is 5.32 Å². The van der Waals surface area contributed by atoms with Gasteiger partial charge in [0.05, 0.1) is 0 Å². The van der Waals surface area contributed by atoms with E-state index >= 15 is 0 Å². The largest absolute Gasteiger partial charge is 0.508 e. The van der Waals surface area contributed by atoms with E-state index in [-0.39, 0.29) is 10.8 Å². The second kappa shape index (κ2) is 6.27. The van der Waals surface area contributed by atoms with Crippen molar-refractivity contribution in [3.05, 3.63) is 23.8 Å². The number of phenols is 1. The first-order valence-corrected chi connectivity index (χ1v) is 8.37. The Hall–Kier alpha value is -0.870. The average molecular weight is 294 g/mol. The first kappa shape index (κ1) is 15.5. The van der Waals surface area contributed by atoms with Crippen LogP contribution in [0.25, 0.3) is 0 Å². The van der Waals surface area contributed by atoms with Crippen LogP contribution >= 0.6 is 11.8 Å². The molecule has 0 radical (unpaired) electrons. The summed E-state index contributed by atoms with van der Waals surface area (Å²) in [6.07, 6.45) is 0. The molecule has 0 spiro atoms. The Morgan fingerprint density at radius 3 is 2.80 bits per heavy atom. The minimum atomic E-state index is 0.183. The minimum absolute atomic E-state index is 0.183. The zero-order valence-electron chi connectivity index (χ0n) is 12.9. The number of nitrogens with one attached hydrogen (secondary N) is 1. The van der Waals surface area contributed by atoms with Gasteiger partial charge in [0.1, 0.15) is 5.75 Å². The van der Waals surface area contributed by atoms with E-state index in [4.69, 9.17) is 0 Å². The highest BCUT2D eigenvalue weighted by Gasteiger charge is 2.27. The molecule has 20 heavy (non-hydrogen) atoms. The van der Waals surface area contributed by atoms with Gasteiger partial charge in [0.25, 0.3) is 0 Å². The SMILES string of the molecule is CCNC(C)c1ccc(N2CCSC(C)(C)C2)cc1O. The molecule has 1 aliphatic heterocycles. The van der Waals surface area contributed by atoms with Crippen molar-refractivity contribution in [2.24, 2.45) is 0 Å². The lowest BCUT2D eigenvalue weighted by Crippen LogP contribution is -2.43. The standard InChI is InChI=1S/C16H26N2OS/c1-5-17-12(2)14-7-6-13(10-15(14)19)18-8-9-20-16(3,4)11-18/h6-7,10,12,17,19H,5,8-9,11H2,1-4H3. The van der Waals surface area contributed by atoms with Gasteiger partial charge in [-0.25, -0.2) is 0 Å². The maximum atomic E-state index is 10.3. The summed E-state index contributed by atoms with van der Waals surface area (Å²) in [5, 5.41) is 13.6. The van der Waals surface area contributed by atoms with E-state index < -0.39 is 0 Å². The van der Waals surface area contributed by atoms with Gasteiger partial charge in [-0.2, -0.15) is 11.8 Å². The lowest BCUT2D eigenvalue weighted by Gasteiger charge is -2.39. The summed E-state index contributed by atoms with van der Waals surface area (Å²) in [5.74, 6) is 1.54. The fourth-order valence-corrected chi connectivity index (χ4v) is 3.86. The van der Waals surface area contributed by atoms with Gasteiger partial charge in [0.15, 0.2) is 0 Å². The number of thioether (sulfide) groups is 1.